The van der Waals surface area contributed by atoms with Crippen LogP contribution in [-0.2, 0) is 6.54 Å². The molecule has 0 aliphatic heterocycles. The summed E-state index contributed by atoms with van der Waals surface area (Å²) in [6, 6.07) is 7.82. The minimum Gasteiger partial charge on any atom is -0.497 e. The Bertz CT molecular complexity index is 488. The largest absolute Gasteiger partial charge is 0.497 e. The molecular weight excluding hydrogens is 214 g/mol. The van der Waals surface area contributed by atoms with Gasteiger partial charge in [0, 0.05) is 30.2 Å². The highest BCUT2D eigenvalue weighted by Crippen LogP contribution is 2.15. The first-order chi connectivity index (χ1) is 8.31. The number of nitrogens with zero attached hydrogens (tertiary/aromatic N) is 2. The molecule has 0 radical (unpaired) electrons. The van der Waals surface area contributed by atoms with E-state index in [9.17, 15) is 0 Å². The first-order valence-electron chi connectivity index (χ1n) is 5.35. The minimum atomic E-state index is 0.736. The van der Waals surface area contributed by atoms with Gasteiger partial charge >= 0.3 is 0 Å². The summed E-state index contributed by atoms with van der Waals surface area (Å²) in [5, 5.41) is 7.42. The minimum absolute atomic E-state index is 0.736. The molecule has 0 fully saturated rings. The molecule has 0 aliphatic carbocycles. The van der Waals surface area contributed by atoms with Gasteiger partial charge in [-0.3, -0.25) is 0 Å². The second kappa shape index (κ2) is 5.21. The topological polar surface area (TPSA) is 39.1 Å². The lowest BCUT2D eigenvalue weighted by Crippen LogP contribution is -1.98. The lowest BCUT2D eigenvalue weighted by atomic mass is 10.3. The van der Waals surface area contributed by atoms with Crippen molar-refractivity contribution in [2.24, 2.45) is 0 Å². The molecule has 0 amide bonds. The first-order valence-corrected chi connectivity index (χ1v) is 5.35. The van der Waals surface area contributed by atoms with Crippen molar-refractivity contribution in [1.82, 2.24) is 9.78 Å². The molecule has 0 atom stereocenters. The zero-order valence-electron chi connectivity index (χ0n) is 9.76. The molecule has 0 bridgehead atoms. The Morgan fingerprint density at radius 1 is 1.41 bits per heavy atom. The predicted molar refractivity (Wildman–Crippen MR) is 68.9 cm³/mol. The maximum Gasteiger partial charge on any atom is 0.119 e. The van der Waals surface area contributed by atoms with Crippen LogP contribution in [0, 0.1) is 0 Å². The van der Waals surface area contributed by atoms with Crippen molar-refractivity contribution >= 4 is 11.9 Å². The van der Waals surface area contributed by atoms with E-state index in [1.54, 1.807) is 18.0 Å². The fraction of sp³-hybridized carbons (Fsp3) is 0.154. The molecule has 0 saturated carbocycles. The number of hydrogen-bond donors (Lipinski definition) is 1. The molecule has 0 spiro atoms. The molecule has 0 saturated heterocycles. The van der Waals surface area contributed by atoms with Gasteiger partial charge in [-0.25, -0.2) is 4.68 Å². The molecule has 88 valence electrons. The van der Waals surface area contributed by atoms with E-state index in [4.69, 9.17) is 4.74 Å². The monoisotopic (exact) mass is 229 g/mol. The quantitative estimate of drug-likeness (QED) is 0.856. The number of ether oxygens (including phenoxy) is 1. The summed E-state index contributed by atoms with van der Waals surface area (Å²) in [4.78, 5) is 0. The van der Waals surface area contributed by atoms with Gasteiger partial charge in [0.25, 0.3) is 0 Å². The van der Waals surface area contributed by atoms with E-state index in [2.05, 4.69) is 17.0 Å². The molecule has 4 nitrogen and oxygen atoms in total. The molecule has 1 aromatic carbocycles. The van der Waals surface area contributed by atoms with Gasteiger partial charge in [0.2, 0.25) is 0 Å². The number of hydrogen-bond acceptors (Lipinski definition) is 3. The number of benzene rings is 1. The van der Waals surface area contributed by atoms with Crippen molar-refractivity contribution in [2.45, 2.75) is 6.54 Å². The Kier molecular flexibility index (Phi) is 3.45. The molecule has 17 heavy (non-hydrogen) atoms. The average Bonchev–Trinajstić information content (AvgIpc) is 2.85. The van der Waals surface area contributed by atoms with Crippen molar-refractivity contribution in [2.75, 3.05) is 12.4 Å². The first kappa shape index (κ1) is 11.3. The molecule has 1 aromatic heterocycles. The van der Waals surface area contributed by atoms with E-state index in [-0.39, 0.29) is 0 Å². The summed E-state index contributed by atoms with van der Waals surface area (Å²) in [5.74, 6) is 0.857. The number of nitrogens with one attached hydrogen (secondary N) is 1. The van der Waals surface area contributed by atoms with Gasteiger partial charge in [-0.2, -0.15) is 5.10 Å². The van der Waals surface area contributed by atoms with Crippen molar-refractivity contribution in [3.8, 4) is 5.75 Å². The van der Waals surface area contributed by atoms with Crippen LogP contribution < -0.4 is 10.1 Å². The maximum atomic E-state index is 5.10. The third-order valence-electron chi connectivity index (χ3n) is 2.43. The Morgan fingerprint density at radius 3 is 2.76 bits per heavy atom. The van der Waals surface area contributed by atoms with Crippen LogP contribution in [0.3, 0.4) is 0 Å². The molecule has 2 rings (SSSR count). The van der Waals surface area contributed by atoms with Crippen LogP contribution in [-0.4, -0.2) is 16.9 Å². The fourth-order valence-corrected chi connectivity index (χ4v) is 1.48. The van der Waals surface area contributed by atoms with Crippen molar-refractivity contribution < 1.29 is 4.74 Å². The van der Waals surface area contributed by atoms with Gasteiger partial charge in [-0.05, 0) is 24.3 Å². The summed E-state index contributed by atoms with van der Waals surface area (Å²) >= 11 is 0. The summed E-state index contributed by atoms with van der Waals surface area (Å²) < 4.78 is 6.78. The van der Waals surface area contributed by atoms with E-state index in [0.717, 1.165) is 23.5 Å². The fourth-order valence-electron chi connectivity index (χ4n) is 1.48. The zero-order chi connectivity index (χ0) is 12.1. The van der Waals surface area contributed by atoms with Crippen molar-refractivity contribution in [3.63, 3.8) is 0 Å². The van der Waals surface area contributed by atoms with E-state index >= 15 is 0 Å². The van der Waals surface area contributed by atoms with Crippen molar-refractivity contribution in [1.29, 1.82) is 0 Å². The standard InChI is InChI=1S/C13H15N3O/c1-3-16-10-11(9-15-16)8-14-12-4-6-13(17-2)7-5-12/h3-7,9-10,14H,1,8H2,2H3. The molecule has 0 unspecified atom stereocenters. The lowest BCUT2D eigenvalue weighted by molar-refractivity contribution is 0.415. The molecule has 1 N–H and O–H groups in total. The zero-order valence-corrected chi connectivity index (χ0v) is 9.76. The third-order valence-corrected chi connectivity index (χ3v) is 2.43. The normalized spacial score (nSPS) is 9.94. The highest BCUT2D eigenvalue weighted by molar-refractivity contribution is 5.46. The van der Waals surface area contributed by atoms with E-state index < -0.39 is 0 Å². The smallest absolute Gasteiger partial charge is 0.119 e. The highest BCUT2D eigenvalue weighted by atomic mass is 16.5. The van der Waals surface area contributed by atoms with Crippen LogP contribution in [0.5, 0.6) is 5.75 Å². The Morgan fingerprint density at radius 2 is 2.18 bits per heavy atom. The van der Waals surface area contributed by atoms with E-state index in [1.807, 2.05) is 36.7 Å². The number of aromatic nitrogens is 2. The highest BCUT2D eigenvalue weighted by Gasteiger charge is 1.97. The maximum absolute atomic E-state index is 5.10. The summed E-state index contributed by atoms with van der Waals surface area (Å²) in [5.41, 5.74) is 2.16. The molecular formula is C13H15N3O. The molecule has 0 aliphatic rings. The number of anilines is 1. The Hall–Kier alpha value is -2.23. The third kappa shape index (κ3) is 2.87. The van der Waals surface area contributed by atoms with Crippen LogP contribution in [0.2, 0.25) is 0 Å². The average molecular weight is 229 g/mol. The second-order valence-electron chi connectivity index (χ2n) is 3.59. The van der Waals surface area contributed by atoms with Crippen LogP contribution in [0.25, 0.3) is 6.20 Å². The SMILES string of the molecule is C=Cn1cc(CNc2ccc(OC)cc2)cn1. The van der Waals surface area contributed by atoms with Gasteiger partial charge < -0.3 is 10.1 Å². The molecule has 4 heteroatoms. The van der Waals surface area contributed by atoms with Crippen LogP contribution >= 0.6 is 0 Å². The summed E-state index contributed by atoms with van der Waals surface area (Å²) in [7, 11) is 1.66. The van der Waals surface area contributed by atoms with E-state index in [0.29, 0.717) is 0 Å². The summed E-state index contributed by atoms with van der Waals surface area (Å²) in [6.07, 6.45) is 5.42. The Labute approximate surface area is 101 Å². The van der Waals surface area contributed by atoms with Gasteiger partial charge in [-0.1, -0.05) is 6.58 Å². The van der Waals surface area contributed by atoms with Crippen LogP contribution in [0.15, 0.2) is 43.2 Å². The predicted octanol–water partition coefficient (Wildman–Crippen LogP) is 2.60. The molecule has 2 aromatic rings. The second-order valence-corrected chi connectivity index (χ2v) is 3.59. The van der Waals surface area contributed by atoms with Gasteiger partial charge in [-0.15, -0.1) is 0 Å². The summed E-state index contributed by atoms with van der Waals surface area (Å²) in [6.45, 7) is 4.38. The van der Waals surface area contributed by atoms with Gasteiger partial charge in [0.05, 0.1) is 13.3 Å². The van der Waals surface area contributed by atoms with Crippen LogP contribution in [0.1, 0.15) is 5.56 Å². The molecule has 1 heterocycles. The lowest BCUT2D eigenvalue weighted by Gasteiger charge is -2.05. The Balaban J connectivity index is 1.94. The van der Waals surface area contributed by atoms with Gasteiger partial charge in [0.1, 0.15) is 5.75 Å². The van der Waals surface area contributed by atoms with Crippen molar-refractivity contribution in [3.05, 3.63) is 48.8 Å². The number of rotatable bonds is 5. The number of methoxy groups -OCH3 is 1. The van der Waals surface area contributed by atoms with Gasteiger partial charge in [0.15, 0.2) is 0 Å². The van der Waals surface area contributed by atoms with E-state index in [1.165, 1.54) is 0 Å². The van der Waals surface area contributed by atoms with Crippen LogP contribution in [0.4, 0.5) is 5.69 Å².